The first-order valence-electron chi connectivity index (χ1n) is 3.72. The number of hydrogen-bond donors (Lipinski definition) is 0. The number of rotatable bonds is 3. The Balaban J connectivity index is 3.48. The molecule has 0 saturated heterocycles. The van der Waals surface area contributed by atoms with Gasteiger partial charge in [0.1, 0.15) is 5.69 Å². The van der Waals surface area contributed by atoms with Gasteiger partial charge in [0, 0.05) is 4.47 Å². The van der Waals surface area contributed by atoms with Gasteiger partial charge in [0.2, 0.25) is 0 Å². The third kappa shape index (κ3) is 2.24. The van der Waals surface area contributed by atoms with Gasteiger partial charge in [-0.05, 0) is 22.5 Å². The van der Waals surface area contributed by atoms with Gasteiger partial charge in [-0.25, -0.2) is 4.79 Å². The van der Waals surface area contributed by atoms with Gasteiger partial charge in [0.15, 0.2) is 5.69 Å². The topological polar surface area (TPSA) is 85.2 Å². The predicted molar refractivity (Wildman–Crippen MR) is 56.4 cm³/mol. The number of carbonyl (C=O) groups excluding carboxylic acids is 1. The first kappa shape index (κ1) is 11.4. The van der Waals surface area contributed by atoms with Gasteiger partial charge < -0.3 is 4.74 Å². The molecule has 0 heterocycles. The lowest BCUT2D eigenvalue weighted by molar-refractivity contribution is 0.0601. The van der Waals surface area contributed by atoms with E-state index in [1.165, 1.54) is 12.1 Å². The second kappa shape index (κ2) is 4.74. The lowest BCUT2D eigenvalue weighted by Crippen LogP contribution is -2.01. The van der Waals surface area contributed by atoms with Gasteiger partial charge in [0.25, 0.3) is 0 Å². The van der Waals surface area contributed by atoms with Crippen molar-refractivity contribution in [1.82, 2.24) is 0 Å². The minimum absolute atomic E-state index is 0.100. The van der Waals surface area contributed by atoms with Gasteiger partial charge in [0.05, 0.1) is 12.7 Å². The van der Waals surface area contributed by atoms with Crippen molar-refractivity contribution in [2.45, 2.75) is 0 Å². The summed E-state index contributed by atoms with van der Waals surface area (Å²) in [7, 11) is 1.16. The SMILES string of the molecule is COC(=O)c1cc(Br)cc(N=O)c1N=O. The van der Waals surface area contributed by atoms with Crippen molar-refractivity contribution >= 4 is 33.3 Å². The molecule has 0 aliphatic rings. The van der Waals surface area contributed by atoms with Crippen molar-refractivity contribution in [2.75, 3.05) is 7.11 Å². The Morgan fingerprint density at radius 3 is 2.47 bits per heavy atom. The largest absolute Gasteiger partial charge is 0.465 e. The zero-order valence-corrected chi connectivity index (χ0v) is 9.15. The van der Waals surface area contributed by atoms with E-state index in [9.17, 15) is 14.6 Å². The standard InChI is InChI=1S/C8H5BrN2O4/c1-15-8(12)5-2-4(9)3-6(10-13)7(5)11-14/h2-3H,1H3. The average molecular weight is 273 g/mol. The van der Waals surface area contributed by atoms with Crippen LogP contribution in [0.25, 0.3) is 0 Å². The first-order chi connectivity index (χ1) is 7.13. The van der Waals surface area contributed by atoms with Crippen molar-refractivity contribution in [1.29, 1.82) is 0 Å². The Hall–Kier alpha value is -1.63. The van der Waals surface area contributed by atoms with E-state index in [1.54, 1.807) is 0 Å². The lowest BCUT2D eigenvalue weighted by Gasteiger charge is -2.03. The van der Waals surface area contributed by atoms with Crippen molar-refractivity contribution in [3.8, 4) is 0 Å². The van der Waals surface area contributed by atoms with Crippen LogP contribution < -0.4 is 0 Å². The Morgan fingerprint density at radius 2 is 2.00 bits per heavy atom. The van der Waals surface area contributed by atoms with E-state index >= 15 is 0 Å². The summed E-state index contributed by atoms with van der Waals surface area (Å²) in [6.45, 7) is 0. The molecule has 1 aromatic carbocycles. The lowest BCUT2D eigenvalue weighted by atomic mass is 10.1. The molecule has 0 aliphatic heterocycles. The fraction of sp³-hybridized carbons (Fsp3) is 0.125. The van der Waals surface area contributed by atoms with Crippen LogP contribution in [0.3, 0.4) is 0 Å². The Kier molecular flexibility index (Phi) is 3.62. The van der Waals surface area contributed by atoms with E-state index in [0.29, 0.717) is 4.47 Å². The maximum Gasteiger partial charge on any atom is 0.340 e. The quantitative estimate of drug-likeness (QED) is 0.625. The number of methoxy groups -OCH3 is 1. The van der Waals surface area contributed by atoms with Crippen LogP contribution in [0.2, 0.25) is 0 Å². The van der Waals surface area contributed by atoms with Crippen molar-refractivity contribution in [2.24, 2.45) is 10.4 Å². The van der Waals surface area contributed by atoms with E-state index < -0.39 is 5.97 Å². The minimum Gasteiger partial charge on any atom is -0.465 e. The van der Waals surface area contributed by atoms with Crippen LogP contribution in [-0.4, -0.2) is 13.1 Å². The van der Waals surface area contributed by atoms with Crippen LogP contribution in [0.1, 0.15) is 10.4 Å². The van der Waals surface area contributed by atoms with Gasteiger partial charge in [-0.15, -0.1) is 9.81 Å². The van der Waals surface area contributed by atoms with Crippen molar-refractivity contribution < 1.29 is 9.53 Å². The van der Waals surface area contributed by atoms with E-state index in [4.69, 9.17) is 0 Å². The Labute approximate surface area is 92.7 Å². The molecule has 15 heavy (non-hydrogen) atoms. The molecule has 1 aromatic rings. The molecule has 6 nitrogen and oxygen atoms in total. The van der Waals surface area contributed by atoms with Gasteiger partial charge in [-0.3, -0.25) is 0 Å². The normalized spacial score (nSPS) is 9.47. The van der Waals surface area contributed by atoms with Crippen molar-refractivity contribution in [3.63, 3.8) is 0 Å². The molecular weight excluding hydrogens is 268 g/mol. The molecule has 0 saturated carbocycles. The molecule has 0 aromatic heterocycles. The smallest absolute Gasteiger partial charge is 0.340 e. The molecule has 7 heteroatoms. The summed E-state index contributed by atoms with van der Waals surface area (Å²) in [6, 6.07) is 2.62. The number of ether oxygens (including phenoxy) is 1. The monoisotopic (exact) mass is 272 g/mol. The third-order valence-corrected chi connectivity index (χ3v) is 2.11. The summed E-state index contributed by atoms with van der Waals surface area (Å²) >= 11 is 3.06. The van der Waals surface area contributed by atoms with Crippen LogP contribution in [-0.2, 0) is 4.74 Å². The first-order valence-corrected chi connectivity index (χ1v) is 4.52. The molecule has 0 unspecified atom stereocenters. The number of carbonyl (C=O) groups is 1. The molecule has 1 rings (SSSR count). The molecule has 0 spiro atoms. The highest BCUT2D eigenvalue weighted by molar-refractivity contribution is 9.10. The van der Waals surface area contributed by atoms with E-state index in [-0.39, 0.29) is 16.9 Å². The second-order valence-corrected chi connectivity index (χ2v) is 3.41. The summed E-state index contributed by atoms with van der Waals surface area (Å²) in [5.74, 6) is -0.754. The van der Waals surface area contributed by atoms with Crippen LogP contribution in [0.4, 0.5) is 11.4 Å². The number of halogens is 1. The highest BCUT2D eigenvalue weighted by atomic mass is 79.9. The highest BCUT2D eigenvalue weighted by Gasteiger charge is 2.18. The van der Waals surface area contributed by atoms with Crippen LogP contribution >= 0.6 is 15.9 Å². The highest BCUT2D eigenvalue weighted by Crippen LogP contribution is 2.35. The maximum atomic E-state index is 11.2. The van der Waals surface area contributed by atoms with Gasteiger partial charge >= 0.3 is 5.97 Å². The van der Waals surface area contributed by atoms with Gasteiger partial charge in [-0.1, -0.05) is 15.9 Å². The summed E-state index contributed by atoms with van der Waals surface area (Å²) < 4.78 is 4.87. The molecule has 0 aliphatic carbocycles. The Morgan fingerprint density at radius 1 is 1.33 bits per heavy atom. The van der Waals surface area contributed by atoms with E-state index in [0.717, 1.165) is 7.11 Å². The zero-order chi connectivity index (χ0) is 11.4. The van der Waals surface area contributed by atoms with Crippen LogP contribution in [0, 0.1) is 9.81 Å². The fourth-order valence-corrected chi connectivity index (χ4v) is 1.46. The molecule has 0 atom stereocenters. The van der Waals surface area contributed by atoms with Gasteiger partial charge in [-0.2, -0.15) is 0 Å². The van der Waals surface area contributed by atoms with E-state index in [1.807, 2.05) is 0 Å². The Bertz CT molecular complexity index is 433. The number of benzene rings is 1. The van der Waals surface area contributed by atoms with Crippen LogP contribution in [0.5, 0.6) is 0 Å². The summed E-state index contributed by atoms with van der Waals surface area (Å²) in [6.07, 6.45) is 0. The molecule has 0 amide bonds. The average Bonchev–Trinajstić information content (AvgIpc) is 2.26. The number of esters is 1. The molecular formula is C8H5BrN2O4. The fourth-order valence-electron chi connectivity index (χ4n) is 1.02. The third-order valence-electron chi connectivity index (χ3n) is 1.65. The van der Waals surface area contributed by atoms with E-state index in [2.05, 4.69) is 31.0 Å². The summed E-state index contributed by atoms with van der Waals surface area (Å²) in [4.78, 5) is 32.1. The van der Waals surface area contributed by atoms with Crippen molar-refractivity contribution in [3.05, 3.63) is 32.0 Å². The summed E-state index contributed by atoms with van der Waals surface area (Å²) in [5.41, 5.74) is -0.628. The summed E-state index contributed by atoms with van der Waals surface area (Å²) in [5, 5.41) is 5.18. The molecule has 0 bridgehead atoms. The molecule has 0 N–H and O–H groups in total. The minimum atomic E-state index is -0.754. The number of nitroso groups, excluding NO2 is 2. The zero-order valence-electron chi connectivity index (χ0n) is 7.56. The number of hydrogen-bond acceptors (Lipinski definition) is 6. The molecule has 0 radical (unpaired) electrons. The predicted octanol–water partition coefficient (Wildman–Crippen LogP) is 3.03. The molecule has 0 fully saturated rings. The second-order valence-electron chi connectivity index (χ2n) is 2.50. The number of nitrogens with zero attached hydrogens (tertiary/aromatic N) is 2. The maximum absolute atomic E-state index is 11.2. The van der Waals surface area contributed by atoms with Crippen LogP contribution in [0.15, 0.2) is 27.0 Å². The molecule has 78 valence electrons.